The topological polar surface area (TPSA) is 64.7 Å². The minimum atomic E-state index is -2.82. The minimum Gasteiger partial charge on any atom is -0.351 e. The second kappa shape index (κ2) is 6.27. The Labute approximate surface area is 114 Å². The van der Waals surface area contributed by atoms with Crippen molar-refractivity contribution in [2.75, 3.05) is 6.54 Å². The highest BCUT2D eigenvalue weighted by Gasteiger charge is 2.17. The molecule has 0 saturated heterocycles. The van der Waals surface area contributed by atoms with Crippen LogP contribution in [0.15, 0.2) is 24.5 Å². The van der Waals surface area contributed by atoms with Crippen LogP contribution in [-0.4, -0.2) is 32.0 Å². The third-order valence-corrected chi connectivity index (χ3v) is 2.85. The van der Waals surface area contributed by atoms with E-state index in [1.165, 1.54) is 12.3 Å². The standard InChI is InChI=1S/C12H15F2N5O/c1-9-3-6-16-18(9)8-2-5-15-11(20)10-4-7-17-19(10)12(13)14/h3-4,6-7,12H,2,5,8H2,1H3,(H,15,20). The number of aromatic nitrogens is 4. The number of rotatable bonds is 6. The van der Waals surface area contributed by atoms with E-state index in [2.05, 4.69) is 15.5 Å². The molecule has 0 bridgehead atoms. The molecule has 0 aliphatic carbocycles. The second-order valence-corrected chi connectivity index (χ2v) is 4.24. The van der Waals surface area contributed by atoms with Crippen LogP contribution in [-0.2, 0) is 6.54 Å². The van der Waals surface area contributed by atoms with Crippen molar-refractivity contribution < 1.29 is 13.6 Å². The van der Waals surface area contributed by atoms with Crippen molar-refractivity contribution in [2.45, 2.75) is 26.4 Å². The van der Waals surface area contributed by atoms with Gasteiger partial charge >= 0.3 is 6.55 Å². The predicted octanol–water partition coefficient (Wildman–Crippen LogP) is 1.60. The van der Waals surface area contributed by atoms with Gasteiger partial charge in [0, 0.05) is 31.2 Å². The highest BCUT2D eigenvalue weighted by Crippen LogP contribution is 2.11. The molecule has 0 radical (unpaired) electrons. The summed E-state index contributed by atoms with van der Waals surface area (Å²) in [4.78, 5) is 11.7. The van der Waals surface area contributed by atoms with Crippen LogP contribution in [0.1, 0.15) is 29.2 Å². The summed E-state index contributed by atoms with van der Waals surface area (Å²) in [6, 6.07) is 3.15. The van der Waals surface area contributed by atoms with E-state index in [4.69, 9.17) is 0 Å². The molecule has 2 aromatic rings. The van der Waals surface area contributed by atoms with Crippen LogP contribution in [0.5, 0.6) is 0 Å². The van der Waals surface area contributed by atoms with Crippen LogP contribution >= 0.6 is 0 Å². The van der Waals surface area contributed by atoms with Crippen LogP contribution in [0.2, 0.25) is 0 Å². The Morgan fingerprint density at radius 2 is 2.10 bits per heavy atom. The molecule has 8 heteroatoms. The van der Waals surface area contributed by atoms with Gasteiger partial charge in [-0.15, -0.1) is 0 Å². The Kier molecular flexibility index (Phi) is 4.44. The summed E-state index contributed by atoms with van der Waals surface area (Å²) in [7, 11) is 0. The molecule has 6 nitrogen and oxygen atoms in total. The van der Waals surface area contributed by atoms with Crippen LogP contribution < -0.4 is 5.32 Å². The number of alkyl halides is 2. The zero-order valence-electron chi connectivity index (χ0n) is 11.0. The van der Waals surface area contributed by atoms with Crippen molar-refractivity contribution >= 4 is 5.91 Å². The van der Waals surface area contributed by atoms with Gasteiger partial charge in [0.2, 0.25) is 0 Å². The fraction of sp³-hybridized carbons (Fsp3) is 0.417. The van der Waals surface area contributed by atoms with Crippen molar-refractivity contribution in [3.63, 3.8) is 0 Å². The Morgan fingerprint density at radius 1 is 1.35 bits per heavy atom. The van der Waals surface area contributed by atoms with Crippen molar-refractivity contribution in [1.82, 2.24) is 24.9 Å². The highest BCUT2D eigenvalue weighted by molar-refractivity contribution is 5.92. The van der Waals surface area contributed by atoms with Gasteiger partial charge in [0.05, 0.1) is 0 Å². The maximum Gasteiger partial charge on any atom is 0.333 e. The zero-order chi connectivity index (χ0) is 14.5. The summed E-state index contributed by atoms with van der Waals surface area (Å²) in [5.74, 6) is -0.556. The number of aryl methyl sites for hydroxylation is 2. The van der Waals surface area contributed by atoms with Crippen LogP contribution in [0.4, 0.5) is 8.78 Å². The van der Waals surface area contributed by atoms with Crippen LogP contribution in [0, 0.1) is 6.92 Å². The molecule has 0 atom stereocenters. The minimum absolute atomic E-state index is 0.143. The van der Waals surface area contributed by atoms with E-state index in [0.29, 0.717) is 24.2 Å². The third kappa shape index (κ3) is 3.19. The first-order valence-electron chi connectivity index (χ1n) is 6.18. The zero-order valence-corrected chi connectivity index (χ0v) is 11.0. The average Bonchev–Trinajstić information content (AvgIpc) is 3.03. The number of nitrogens with one attached hydrogen (secondary N) is 1. The molecule has 2 aromatic heterocycles. The number of halogens is 2. The molecule has 108 valence electrons. The first-order chi connectivity index (χ1) is 9.59. The van der Waals surface area contributed by atoms with E-state index < -0.39 is 12.5 Å². The van der Waals surface area contributed by atoms with Crippen molar-refractivity contribution in [2.24, 2.45) is 0 Å². The first-order valence-corrected chi connectivity index (χ1v) is 6.18. The van der Waals surface area contributed by atoms with E-state index in [1.54, 1.807) is 6.20 Å². The fourth-order valence-electron chi connectivity index (χ4n) is 1.80. The molecule has 0 aliphatic heterocycles. The molecule has 20 heavy (non-hydrogen) atoms. The van der Waals surface area contributed by atoms with Gasteiger partial charge in [-0.1, -0.05) is 0 Å². The van der Waals surface area contributed by atoms with Crippen molar-refractivity contribution in [3.05, 3.63) is 35.9 Å². The fourth-order valence-corrected chi connectivity index (χ4v) is 1.80. The average molecular weight is 283 g/mol. The quantitative estimate of drug-likeness (QED) is 0.819. The molecule has 0 unspecified atom stereocenters. The molecule has 0 saturated carbocycles. The maximum absolute atomic E-state index is 12.5. The lowest BCUT2D eigenvalue weighted by Gasteiger charge is -2.08. The molecular weight excluding hydrogens is 268 g/mol. The first kappa shape index (κ1) is 14.2. The van der Waals surface area contributed by atoms with Gasteiger partial charge in [-0.2, -0.15) is 23.7 Å². The van der Waals surface area contributed by atoms with Gasteiger partial charge in [0.1, 0.15) is 5.69 Å². The highest BCUT2D eigenvalue weighted by atomic mass is 19.3. The normalized spacial score (nSPS) is 11.0. The van der Waals surface area contributed by atoms with E-state index in [1.807, 2.05) is 17.7 Å². The second-order valence-electron chi connectivity index (χ2n) is 4.24. The van der Waals surface area contributed by atoms with E-state index in [9.17, 15) is 13.6 Å². The largest absolute Gasteiger partial charge is 0.351 e. The summed E-state index contributed by atoms with van der Waals surface area (Å²) >= 11 is 0. The smallest absolute Gasteiger partial charge is 0.333 e. The number of amides is 1. The SMILES string of the molecule is Cc1ccnn1CCCNC(=O)c1ccnn1C(F)F. The van der Waals surface area contributed by atoms with Gasteiger partial charge in [0.25, 0.3) is 5.91 Å². The third-order valence-electron chi connectivity index (χ3n) is 2.85. The number of carbonyl (C=O) groups is 1. The van der Waals surface area contributed by atoms with Crippen molar-refractivity contribution in [3.8, 4) is 0 Å². The molecule has 1 N–H and O–H groups in total. The van der Waals surface area contributed by atoms with Crippen LogP contribution in [0.3, 0.4) is 0 Å². The van der Waals surface area contributed by atoms with E-state index >= 15 is 0 Å². The summed E-state index contributed by atoms with van der Waals surface area (Å²) in [6.45, 7) is 0.157. The Bertz CT molecular complexity index is 578. The Balaban J connectivity index is 1.81. The number of carbonyl (C=O) groups excluding carboxylic acids is 1. The van der Waals surface area contributed by atoms with Gasteiger partial charge in [-0.25, -0.2) is 0 Å². The lowest BCUT2D eigenvalue weighted by atomic mass is 10.3. The number of hydrogen-bond donors (Lipinski definition) is 1. The van der Waals surface area contributed by atoms with Gasteiger partial charge < -0.3 is 5.32 Å². The van der Waals surface area contributed by atoms with Crippen LogP contribution in [0.25, 0.3) is 0 Å². The molecule has 1 amide bonds. The molecule has 0 aromatic carbocycles. The number of hydrogen-bond acceptors (Lipinski definition) is 3. The van der Waals surface area contributed by atoms with E-state index in [-0.39, 0.29) is 5.69 Å². The maximum atomic E-state index is 12.5. The monoisotopic (exact) mass is 283 g/mol. The van der Waals surface area contributed by atoms with Gasteiger partial charge in [-0.3, -0.25) is 9.48 Å². The summed E-state index contributed by atoms with van der Waals surface area (Å²) < 4.78 is 27.3. The molecule has 0 spiro atoms. The molecule has 0 aliphatic rings. The molecule has 2 heterocycles. The molecule has 2 rings (SSSR count). The number of nitrogens with zero attached hydrogens (tertiary/aromatic N) is 4. The molecular formula is C12H15F2N5O. The van der Waals surface area contributed by atoms with Gasteiger partial charge in [0.15, 0.2) is 0 Å². The Morgan fingerprint density at radius 3 is 2.75 bits per heavy atom. The van der Waals surface area contributed by atoms with Crippen molar-refractivity contribution in [1.29, 1.82) is 0 Å². The lowest BCUT2D eigenvalue weighted by Crippen LogP contribution is -2.28. The summed E-state index contributed by atoms with van der Waals surface area (Å²) in [5, 5.41) is 10.1. The Hall–Kier alpha value is -2.25. The molecule has 0 fully saturated rings. The lowest BCUT2D eigenvalue weighted by molar-refractivity contribution is 0.0509. The van der Waals surface area contributed by atoms with E-state index in [0.717, 1.165) is 5.69 Å². The predicted molar refractivity (Wildman–Crippen MR) is 67.4 cm³/mol. The summed E-state index contributed by atoms with van der Waals surface area (Å²) in [6.07, 6.45) is 3.54. The summed E-state index contributed by atoms with van der Waals surface area (Å²) in [5.41, 5.74) is 0.891. The van der Waals surface area contributed by atoms with Gasteiger partial charge in [-0.05, 0) is 25.5 Å².